The lowest BCUT2D eigenvalue weighted by Gasteiger charge is -2.22. The van der Waals surface area contributed by atoms with Gasteiger partial charge in [-0.15, -0.1) is 0 Å². The van der Waals surface area contributed by atoms with E-state index in [4.69, 9.17) is 0 Å². The molecule has 27 heavy (non-hydrogen) atoms. The number of benzene rings is 2. The van der Waals surface area contributed by atoms with Gasteiger partial charge in [-0.2, -0.15) is 0 Å². The highest BCUT2D eigenvalue weighted by atomic mass is 32.2. The van der Waals surface area contributed by atoms with Crippen LogP contribution in [0.4, 0.5) is 10.1 Å². The van der Waals surface area contributed by atoms with E-state index in [1.165, 1.54) is 16.4 Å². The fraction of sp³-hybridized carbons (Fsp3) is 0.350. The van der Waals surface area contributed by atoms with Gasteiger partial charge in [0, 0.05) is 19.5 Å². The van der Waals surface area contributed by atoms with Crippen LogP contribution in [0.2, 0.25) is 0 Å². The predicted octanol–water partition coefficient (Wildman–Crippen LogP) is 2.90. The molecule has 2 aromatic rings. The zero-order valence-electron chi connectivity index (χ0n) is 15.6. The number of nitrogens with one attached hydrogen (secondary N) is 1. The maximum Gasteiger partial charge on any atom is 0.232 e. The zero-order valence-corrected chi connectivity index (χ0v) is 16.4. The van der Waals surface area contributed by atoms with E-state index in [1.807, 2.05) is 19.1 Å². The fourth-order valence-corrected chi connectivity index (χ4v) is 3.60. The van der Waals surface area contributed by atoms with Crippen LogP contribution < -0.4 is 9.62 Å². The predicted molar refractivity (Wildman–Crippen MR) is 106 cm³/mol. The Balaban J connectivity index is 1.88. The van der Waals surface area contributed by atoms with Gasteiger partial charge in [-0.05, 0) is 48.2 Å². The van der Waals surface area contributed by atoms with Gasteiger partial charge in [-0.25, -0.2) is 12.8 Å². The lowest BCUT2D eigenvalue weighted by atomic mass is 10.1. The molecule has 0 saturated carbocycles. The van der Waals surface area contributed by atoms with Gasteiger partial charge in [0.15, 0.2) is 0 Å². The number of anilines is 1. The molecule has 146 valence electrons. The van der Waals surface area contributed by atoms with E-state index in [0.29, 0.717) is 18.7 Å². The second-order valence-corrected chi connectivity index (χ2v) is 8.24. The SMILES string of the molecule is CCc1ccc(N(CCC(=O)NCCc2ccc(F)cc2)S(C)(=O)=O)cc1. The van der Waals surface area contributed by atoms with Gasteiger partial charge < -0.3 is 5.32 Å². The first-order chi connectivity index (χ1) is 12.8. The number of sulfonamides is 1. The maximum absolute atomic E-state index is 12.9. The molecular formula is C20H25FN2O3S. The van der Waals surface area contributed by atoms with Gasteiger partial charge in [0.05, 0.1) is 11.9 Å². The van der Waals surface area contributed by atoms with Gasteiger partial charge in [0.1, 0.15) is 5.82 Å². The van der Waals surface area contributed by atoms with E-state index in [1.54, 1.807) is 24.3 Å². The molecule has 0 bridgehead atoms. The second-order valence-electron chi connectivity index (χ2n) is 6.33. The Morgan fingerprint density at radius 2 is 1.63 bits per heavy atom. The molecule has 1 amide bonds. The Kier molecular flexibility index (Phi) is 7.36. The number of nitrogens with zero attached hydrogens (tertiary/aromatic N) is 1. The summed E-state index contributed by atoms with van der Waals surface area (Å²) in [7, 11) is -3.48. The minimum absolute atomic E-state index is 0.0615. The van der Waals surface area contributed by atoms with Crippen LogP contribution in [0.25, 0.3) is 0 Å². The molecule has 2 aromatic carbocycles. The molecule has 1 N–H and O–H groups in total. The smallest absolute Gasteiger partial charge is 0.232 e. The van der Waals surface area contributed by atoms with E-state index >= 15 is 0 Å². The molecule has 0 unspecified atom stereocenters. The average Bonchev–Trinajstić information content (AvgIpc) is 2.63. The Hall–Kier alpha value is -2.41. The summed E-state index contributed by atoms with van der Waals surface area (Å²) < 4.78 is 38.3. The topological polar surface area (TPSA) is 66.5 Å². The van der Waals surface area contributed by atoms with Crippen LogP contribution in [0.15, 0.2) is 48.5 Å². The molecule has 0 fully saturated rings. The van der Waals surface area contributed by atoms with Gasteiger partial charge in [-0.1, -0.05) is 31.2 Å². The van der Waals surface area contributed by atoms with Crippen molar-refractivity contribution in [2.45, 2.75) is 26.2 Å². The standard InChI is InChI=1S/C20H25FN2O3S/c1-3-16-6-10-19(11-7-16)23(27(2,25)26)15-13-20(24)22-14-12-17-4-8-18(21)9-5-17/h4-11H,3,12-15H2,1-2H3,(H,22,24). The Bertz CT molecular complexity index is 850. The number of amides is 1. The third kappa shape index (κ3) is 6.67. The monoisotopic (exact) mass is 392 g/mol. The highest BCUT2D eigenvalue weighted by Gasteiger charge is 2.18. The first kappa shape index (κ1) is 20.9. The quantitative estimate of drug-likeness (QED) is 0.714. The third-order valence-electron chi connectivity index (χ3n) is 4.22. The van der Waals surface area contributed by atoms with Crippen LogP contribution in [-0.2, 0) is 27.7 Å². The second kappa shape index (κ2) is 9.50. The molecule has 0 aliphatic heterocycles. The minimum atomic E-state index is -3.48. The molecule has 0 aromatic heterocycles. The Morgan fingerprint density at radius 1 is 1.04 bits per heavy atom. The van der Waals surface area contributed by atoms with Crippen LogP contribution in [0.1, 0.15) is 24.5 Å². The van der Waals surface area contributed by atoms with Crippen LogP contribution in [0, 0.1) is 5.82 Å². The summed E-state index contributed by atoms with van der Waals surface area (Å²) >= 11 is 0. The van der Waals surface area contributed by atoms with Crippen LogP contribution in [-0.4, -0.2) is 33.7 Å². The summed E-state index contributed by atoms with van der Waals surface area (Å²) in [5.74, 6) is -0.522. The van der Waals surface area contributed by atoms with E-state index in [-0.39, 0.29) is 24.7 Å². The summed E-state index contributed by atoms with van der Waals surface area (Å²) in [6.45, 7) is 2.51. The van der Waals surface area contributed by atoms with E-state index in [0.717, 1.165) is 23.8 Å². The van der Waals surface area contributed by atoms with E-state index < -0.39 is 10.0 Å². The number of hydrogen-bond acceptors (Lipinski definition) is 3. The van der Waals surface area contributed by atoms with Gasteiger partial charge in [0.2, 0.25) is 15.9 Å². The number of rotatable bonds is 9. The highest BCUT2D eigenvalue weighted by Crippen LogP contribution is 2.19. The van der Waals surface area contributed by atoms with Crippen LogP contribution in [0.5, 0.6) is 0 Å². The summed E-state index contributed by atoms with van der Waals surface area (Å²) in [5, 5.41) is 2.77. The normalized spacial score (nSPS) is 11.2. The highest BCUT2D eigenvalue weighted by molar-refractivity contribution is 7.92. The van der Waals surface area contributed by atoms with Crippen molar-refractivity contribution in [1.82, 2.24) is 5.32 Å². The van der Waals surface area contributed by atoms with Crippen molar-refractivity contribution in [1.29, 1.82) is 0 Å². The lowest BCUT2D eigenvalue weighted by molar-refractivity contribution is -0.120. The van der Waals surface area contributed by atoms with Crippen molar-refractivity contribution in [3.8, 4) is 0 Å². The van der Waals surface area contributed by atoms with Gasteiger partial charge >= 0.3 is 0 Å². The van der Waals surface area contributed by atoms with Gasteiger partial charge in [0.25, 0.3) is 0 Å². The third-order valence-corrected chi connectivity index (χ3v) is 5.42. The minimum Gasteiger partial charge on any atom is -0.356 e. The van der Waals surface area contributed by atoms with Crippen molar-refractivity contribution < 1.29 is 17.6 Å². The molecule has 0 saturated heterocycles. The zero-order chi connectivity index (χ0) is 19.9. The van der Waals surface area contributed by atoms with Crippen molar-refractivity contribution in [3.63, 3.8) is 0 Å². The largest absolute Gasteiger partial charge is 0.356 e. The number of hydrogen-bond donors (Lipinski definition) is 1. The van der Waals surface area contributed by atoms with Crippen molar-refractivity contribution in [2.24, 2.45) is 0 Å². The number of aryl methyl sites for hydroxylation is 1. The number of carbonyl (C=O) groups excluding carboxylic acids is 1. The Morgan fingerprint density at radius 3 is 2.19 bits per heavy atom. The van der Waals surface area contributed by atoms with Gasteiger partial charge in [-0.3, -0.25) is 9.10 Å². The van der Waals surface area contributed by atoms with E-state index in [2.05, 4.69) is 5.32 Å². The molecule has 0 aliphatic carbocycles. The maximum atomic E-state index is 12.9. The number of halogens is 1. The first-order valence-corrected chi connectivity index (χ1v) is 10.7. The molecule has 2 rings (SSSR count). The lowest BCUT2D eigenvalue weighted by Crippen LogP contribution is -2.35. The van der Waals surface area contributed by atoms with E-state index in [9.17, 15) is 17.6 Å². The molecule has 0 radical (unpaired) electrons. The fourth-order valence-electron chi connectivity index (χ4n) is 2.67. The summed E-state index contributed by atoms with van der Waals surface area (Å²) in [5.41, 5.74) is 2.59. The Labute approximate surface area is 160 Å². The molecule has 0 aliphatic rings. The van der Waals surface area contributed by atoms with Crippen molar-refractivity contribution in [2.75, 3.05) is 23.7 Å². The van der Waals surface area contributed by atoms with Crippen molar-refractivity contribution >= 4 is 21.6 Å². The number of carbonyl (C=O) groups is 1. The molecule has 0 heterocycles. The summed E-state index contributed by atoms with van der Waals surface area (Å²) in [4.78, 5) is 12.1. The van der Waals surface area contributed by atoms with Crippen molar-refractivity contribution in [3.05, 3.63) is 65.5 Å². The molecule has 7 heteroatoms. The summed E-state index contributed by atoms with van der Waals surface area (Å²) in [6, 6.07) is 13.4. The molecule has 0 spiro atoms. The van der Waals surface area contributed by atoms with Crippen LogP contribution in [0.3, 0.4) is 0 Å². The molecule has 5 nitrogen and oxygen atoms in total. The van der Waals surface area contributed by atoms with Crippen LogP contribution >= 0.6 is 0 Å². The first-order valence-electron chi connectivity index (χ1n) is 8.87. The summed E-state index contributed by atoms with van der Waals surface area (Å²) in [6.07, 6.45) is 2.65. The molecular weight excluding hydrogens is 367 g/mol. The average molecular weight is 392 g/mol. The molecule has 0 atom stereocenters.